The van der Waals surface area contributed by atoms with E-state index in [0.29, 0.717) is 11.4 Å². The van der Waals surface area contributed by atoms with Crippen molar-refractivity contribution in [1.29, 1.82) is 0 Å². The molecule has 0 aliphatic rings. The highest BCUT2D eigenvalue weighted by molar-refractivity contribution is 5.96. The van der Waals surface area contributed by atoms with Crippen LogP contribution in [0.25, 0.3) is 0 Å². The lowest BCUT2D eigenvalue weighted by Gasteiger charge is -2.20. The number of ether oxygens (including phenoxy) is 1. The number of hydrogen-bond acceptors (Lipinski definition) is 4. The number of rotatable bonds is 4. The molecule has 1 heterocycles. The van der Waals surface area contributed by atoms with Crippen molar-refractivity contribution in [3.8, 4) is 5.88 Å². The third-order valence-electron chi connectivity index (χ3n) is 2.13. The molecule has 104 valence electrons. The van der Waals surface area contributed by atoms with Crippen LogP contribution in [0.5, 0.6) is 5.88 Å². The van der Waals surface area contributed by atoms with Gasteiger partial charge >= 0.3 is 0 Å². The molecule has 1 rings (SSSR count). The van der Waals surface area contributed by atoms with Gasteiger partial charge in [0, 0.05) is 23.4 Å². The van der Waals surface area contributed by atoms with Gasteiger partial charge in [-0.2, -0.15) is 0 Å². The minimum Gasteiger partial charge on any atom is -0.481 e. The van der Waals surface area contributed by atoms with E-state index in [1.54, 1.807) is 6.07 Å². The number of carbonyl (C=O) groups excluding carboxylic acids is 2. The second-order valence-corrected chi connectivity index (χ2v) is 5.07. The van der Waals surface area contributed by atoms with E-state index in [4.69, 9.17) is 4.74 Å². The van der Waals surface area contributed by atoms with Gasteiger partial charge in [0.15, 0.2) is 0 Å². The Bertz CT molecular complexity index is 466. The van der Waals surface area contributed by atoms with Gasteiger partial charge in [-0.15, -0.1) is 0 Å². The summed E-state index contributed by atoms with van der Waals surface area (Å²) in [5, 5.41) is 5.30. The molecular formula is C13H19N3O3. The number of methoxy groups -OCH3 is 1. The summed E-state index contributed by atoms with van der Waals surface area (Å²) in [5.41, 5.74) is 0.0808. The van der Waals surface area contributed by atoms with Crippen molar-refractivity contribution < 1.29 is 14.3 Å². The van der Waals surface area contributed by atoms with E-state index in [2.05, 4.69) is 15.6 Å². The van der Waals surface area contributed by atoms with Crippen LogP contribution in [0, 0.1) is 0 Å². The second-order valence-electron chi connectivity index (χ2n) is 5.07. The molecule has 6 heteroatoms. The van der Waals surface area contributed by atoms with Crippen LogP contribution in [0.15, 0.2) is 18.3 Å². The van der Waals surface area contributed by atoms with Crippen LogP contribution in [0.2, 0.25) is 0 Å². The Balaban J connectivity index is 2.53. The summed E-state index contributed by atoms with van der Waals surface area (Å²) in [6, 6.07) is 3.07. The van der Waals surface area contributed by atoms with E-state index in [9.17, 15) is 9.59 Å². The molecule has 0 spiro atoms. The van der Waals surface area contributed by atoms with Gasteiger partial charge in [-0.1, -0.05) is 0 Å². The van der Waals surface area contributed by atoms with Gasteiger partial charge in [0.25, 0.3) is 5.91 Å². The van der Waals surface area contributed by atoms with Crippen LogP contribution < -0.4 is 15.4 Å². The molecule has 0 atom stereocenters. The Morgan fingerprint density at radius 1 is 1.37 bits per heavy atom. The molecule has 0 radical (unpaired) electrons. The Labute approximate surface area is 112 Å². The summed E-state index contributed by atoms with van der Waals surface area (Å²) in [7, 11) is 1.47. The second kappa shape index (κ2) is 6.17. The molecule has 0 fully saturated rings. The van der Waals surface area contributed by atoms with Crippen LogP contribution in [-0.2, 0) is 4.79 Å². The molecule has 1 aromatic heterocycles. The number of carbonyl (C=O) groups is 2. The number of aromatic nitrogens is 1. The van der Waals surface area contributed by atoms with E-state index in [0.717, 1.165) is 0 Å². The molecule has 0 aliphatic heterocycles. The molecule has 2 N–H and O–H groups in total. The van der Waals surface area contributed by atoms with Crippen molar-refractivity contribution >= 4 is 11.8 Å². The first-order valence-electron chi connectivity index (χ1n) is 5.91. The fraction of sp³-hybridized carbons (Fsp3) is 0.462. The van der Waals surface area contributed by atoms with Crippen LogP contribution >= 0.6 is 0 Å². The van der Waals surface area contributed by atoms with Crippen molar-refractivity contribution in [3.63, 3.8) is 0 Å². The molecule has 0 bridgehead atoms. The van der Waals surface area contributed by atoms with Gasteiger partial charge in [0.2, 0.25) is 11.8 Å². The molecule has 0 saturated carbocycles. The molecule has 1 aromatic rings. The lowest BCUT2D eigenvalue weighted by Crippen LogP contribution is -2.45. The van der Waals surface area contributed by atoms with Gasteiger partial charge in [-0.3, -0.25) is 9.59 Å². The summed E-state index contributed by atoms with van der Waals surface area (Å²) in [4.78, 5) is 27.3. The number of hydrogen-bond donors (Lipinski definition) is 2. The maximum Gasteiger partial charge on any atom is 0.251 e. The molecule has 0 aromatic carbocycles. The molecule has 2 amide bonds. The standard InChI is InChI=1S/C13H19N3O3/c1-13(2,3)16-10(17)8-15-12(18)9-5-6-14-11(7-9)19-4/h5-7H,8H2,1-4H3,(H,15,18)(H,16,17). The minimum atomic E-state index is -0.343. The maximum atomic E-state index is 11.8. The molecule has 6 nitrogen and oxygen atoms in total. The van der Waals surface area contributed by atoms with Gasteiger partial charge < -0.3 is 15.4 Å². The Hall–Kier alpha value is -2.11. The average Bonchev–Trinajstić information content (AvgIpc) is 2.34. The summed E-state index contributed by atoms with van der Waals surface area (Å²) in [6.07, 6.45) is 1.48. The van der Waals surface area contributed by atoms with E-state index < -0.39 is 0 Å². The quantitative estimate of drug-likeness (QED) is 0.841. The summed E-state index contributed by atoms with van der Waals surface area (Å²) in [6.45, 7) is 5.56. The van der Waals surface area contributed by atoms with Crippen LogP contribution in [0.3, 0.4) is 0 Å². The Morgan fingerprint density at radius 3 is 2.63 bits per heavy atom. The molecule has 0 unspecified atom stereocenters. The van der Waals surface area contributed by atoms with Crippen molar-refractivity contribution in [2.75, 3.05) is 13.7 Å². The van der Waals surface area contributed by atoms with E-state index in [-0.39, 0.29) is 23.9 Å². The molecular weight excluding hydrogens is 246 g/mol. The smallest absolute Gasteiger partial charge is 0.251 e. The normalized spacial score (nSPS) is 10.7. The first-order valence-corrected chi connectivity index (χ1v) is 5.91. The number of amides is 2. The van der Waals surface area contributed by atoms with Gasteiger partial charge in [-0.05, 0) is 26.8 Å². The fourth-order valence-corrected chi connectivity index (χ4v) is 1.39. The highest BCUT2D eigenvalue weighted by Crippen LogP contribution is 2.08. The SMILES string of the molecule is COc1cc(C(=O)NCC(=O)NC(C)(C)C)ccn1. The van der Waals surface area contributed by atoms with Crippen molar-refractivity contribution in [2.24, 2.45) is 0 Å². The van der Waals surface area contributed by atoms with Gasteiger partial charge in [0.1, 0.15) is 0 Å². The number of nitrogens with zero attached hydrogens (tertiary/aromatic N) is 1. The van der Waals surface area contributed by atoms with Crippen LogP contribution in [0.1, 0.15) is 31.1 Å². The highest BCUT2D eigenvalue weighted by Gasteiger charge is 2.14. The number of nitrogens with one attached hydrogen (secondary N) is 2. The first kappa shape index (κ1) is 14.9. The van der Waals surface area contributed by atoms with Gasteiger partial charge in [-0.25, -0.2) is 4.98 Å². The molecule has 0 saturated heterocycles. The minimum absolute atomic E-state index is 0.0687. The molecule has 0 aliphatic carbocycles. The average molecular weight is 265 g/mol. The summed E-state index contributed by atoms with van der Waals surface area (Å²) in [5.74, 6) is -0.224. The van der Waals surface area contributed by atoms with Crippen LogP contribution in [0.4, 0.5) is 0 Å². The van der Waals surface area contributed by atoms with Crippen LogP contribution in [-0.4, -0.2) is 36.0 Å². The third kappa shape index (κ3) is 5.37. The molecule has 19 heavy (non-hydrogen) atoms. The Kier molecular flexibility index (Phi) is 4.86. The van der Waals surface area contributed by atoms with Gasteiger partial charge in [0.05, 0.1) is 13.7 Å². The first-order chi connectivity index (χ1) is 8.81. The topological polar surface area (TPSA) is 80.3 Å². The third-order valence-corrected chi connectivity index (χ3v) is 2.13. The lowest BCUT2D eigenvalue weighted by atomic mass is 10.1. The predicted octanol–water partition coefficient (Wildman–Crippen LogP) is 0.735. The highest BCUT2D eigenvalue weighted by atomic mass is 16.5. The number of pyridine rings is 1. The van der Waals surface area contributed by atoms with E-state index in [1.807, 2.05) is 20.8 Å². The van der Waals surface area contributed by atoms with E-state index >= 15 is 0 Å². The monoisotopic (exact) mass is 265 g/mol. The summed E-state index contributed by atoms with van der Waals surface area (Å²) >= 11 is 0. The summed E-state index contributed by atoms with van der Waals surface area (Å²) < 4.78 is 4.93. The van der Waals surface area contributed by atoms with Crippen molar-refractivity contribution in [3.05, 3.63) is 23.9 Å². The maximum absolute atomic E-state index is 11.8. The predicted molar refractivity (Wildman–Crippen MR) is 71.0 cm³/mol. The Morgan fingerprint density at radius 2 is 2.05 bits per heavy atom. The van der Waals surface area contributed by atoms with Crippen molar-refractivity contribution in [2.45, 2.75) is 26.3 Å². The largest absolute Gasteiger partial charge is 0.481 e. The van der Waals surface area contributed by atoms with Crippen molar-refractivity contribution in [1.82, 2.24) is 15.6 Å². The zero-order chi connectivity index (χ0) is 14.5. The fourth-order valence-electron chi connectivity index (χ4n) is 1.39. The van der Waals surface area contributed by atoms with E-state index in [1.165, 1.54) is 19.4 Å². The zero-order valence-electron chi connectivity index (χ0n) is 11.6. The zero-order valence-corrected chi connectivity index (χ0v) is 11.6. The lowest BCUT2D eigenvalue weighted by molar-refractivity contribution is -0.121.